The van der Waals surface area contributed by atoms with Crippen molar-refractivity contribution in [2.75, 3.05) is 18.9 Å². The van der Waals surface area contributed by atoms with Crippen LogP contribution in [-0.2, 0) is 16.6 Å². The first kappa shape index (κ1) is 23.8. The van der Waals surface area contributed by atoms with Crippen LogP contribution in [0.1, 0.15) is 50.7 Å². The molecule has 6 nitrogen and oxygen atoms in total. The number of hydrogen-bond donors (Lipinski definition) is 3. The maximum Gasteiger partial charge on any atom is 0.321 e. The van der Waals surface area contributed by atoms with Crippen LogP contribution in [0.5, 0.6) is 0 Å². The van der Waals surface area contributed by atoms with Crippen LogP contribution < -0.4 is 10.6 Å². The molecule has 3 amide bonds. The number of aliphatic hydroxyl groups is 1. The Hall–Kier alpha value is -2.86. The number of hydrogen-bond acceptors (Lipinski definition) is 3. The van der Waals surface area contributed by atoms with E-state index in [0.29, 0.717) is 19.4 Å². The molecule has 0 heterocycles. The van der Waals surface area contributed by atoms with Gasteiger partial charge in [-0.15, -0.1) is 0 Å². The minimum absolute atomic E-state index is 0.0623. The fourth-order valence-electron chi connectivity index (χ4n) is 4.77. The van der Waals surface area contributed by atoms with Crippen LogP contribution in [0.3, 0.4) is 0 Å². The Balaban J connectivity index is 1.77. The van der Waals surface area contributed by atoms with E-state index in [1.54, 1.807) is 11.9 Å². The summed E-state index contributed by atoms with van der Waals surface area (Å²) in [6, 6.07) is 17.4. The van der Waals surface area contributed by atoms with Crippen LogP contribution in [0.4, 0.5) is 10.5 Å². The summed E-state index contributed by atoms with van der Waals surface area (Å²) in [6.07, 6.45) is 2.91. The van der Waals surface area contributed by atoms with Crippen LogP contribution in [-0.4, -0.2) is 47.7 Å². The molecule has 0 spiro atoms. The van der Waals surface area contributed by atoms with Gasteiger partial charge >= 0.3 is 6.03 Å². The molecule has 1 fully saturated rings. The molecule has 2 aromatic rings. The van der Waals surface area contributed by atoms with E-state index in [2.05, 4.69) is 29.7 Å². The van der Waals surface area contributed by atoms with Gasteiger partial charge in [0.1, 0.15) is 0 Å². The van der Waals surface area contributed by atoms with Crippen LogP contribution in [0.15, 0.2) is 54.6 Å². The molecule has 1 aliphatic carbocycles. The van der Waals surface area contributed by atoms with Crippen molar-refractivity contribution in [1.82, 2.24) is 10.2 Å². The molecule has 1 saturated carbocycles. The first-order chi connectivity index (χ1) is 15.4. The van der Waals surface area contributed by atoms with Gasteiger partial charge in [0.05, 0.1) is 12.1 Å². The van der Waals surface area contributed by atoms with E-state index in [1.165, 1.54) is 6.92 Å². The number of urea groups is 1. The van der Waals surface area contributed by atoms with Crippen molar-refractivity contribution >= 4 is 17.6 Å². The highest BCUT2D eigenvalue weighted by molar-refractivity contribution is 5.90. The molecule has 6 heteroatoms. The Morgan fingerprint density at radius 3 is 2.41 bits per heavy atom. The summed E-state index contributed by atoms with van der Waals surface area (Å²) in [5.41, 5.74) is 2.77. The van der Waals surface area contributed by atoms with Crippen molar-refractivity contribution in [3.63, 3.8) is 0 Å². The molecular weight excluding hydrogens is 402 g/mol. The highest BCUT2D eigenvalue weighted by atomic mass is 16.3. The van der Waals surface area contributed by atoms with E-state index in [9.17, 15) is 14.7 Å². The van der Waals surface area contributed by atoms with Crippen molar-refractivity contribution in [2.24, 2.45) is 0 Å². The van der Waals surface area contributed by atoms with Gasteiger partial charge in [-0.3, -0.25) is 4.79 Å². The van der Waals surface area contributed by atoms with Gasteiger partial charge in [0.25, 0.3) is 0 Å². The minimum atomic E-state index is -0.630. The molecule has 2 aromatic carbocycles. The zero-order chi connectivity index (χ0) is 23.1. The molecule has 3 atom stereocenters. The second-order valence-electron chi connectivity index (χ2n) is 8.82. The van der Waals surface area contributed by atoms with E-state index in [4.69, 9.17) is 0 Å². The first-order valence-corrected chi connectivity index (χ1v) is 11.5. The van der Waals surface area contributed by atoms with Gasteiger partial charge in [0.15, 0.2) is 0 Å². The molecule has 3 rings (SSSR count). The molecule has 32 heavy (non-hydrogen) atoms. The average molecular weight is 438 g/mol. The molecule has 0 bridgehead atoms. The summed E-state index contributed by atoms with van der Waals surface area (Å²) in [4.78, 5) is 26.3. The Labute approximate surface area is 191 Å². The molecule has 0 aliphatic heterocycles. The smallest absolute Gasteiger partial charge is 0.321 e. The van der Waals surface area contributed by atoms with E-state index in [0.717, 1.165) is 36.1 Å². The number of rotatable bonds is 6. The maximum absolute atomic E-state index is 13.0. The number of carbonyl (C=O) groups excluding carboxylic acids is 2. The topological polar surface area (TPSA) is 81.7 Å². The van der Waals surface area contributed by atoms with Crippen molar-refractivity contribution in [1.29, 1.82) is 0 Å². The normalized spacial score (nSPS) is 23.1. The van der Waals surface area contributed by atoms with Gasteiger partial charge in [0, 0.05) is 31.6 Å². The predicted molar refractivity (Wildman–Crippen MR) is 128 cm³/mol. The van der Waals surface area contributed by atoms with Crippen molar-refractivity contribution in [3.8, 4) is 0 Å². The van der Waals surface area contributed by atoms with E-state index < -0.39 is 6.10 Å². The lowest BCUT2D eigenvalue weighted by molar-refractivity contribution is -0.119. The van der Waals surface area contributed by atoms with Gasteiger partial charge in [-0.2, -0.15) is 0 Å². The third kappa shape index (κ3) is 5.49. The number of carbonyl (C=O) groups is 2. The molecule has 0 saturated heterocycles. The SMILES string of the molecule is CCc1ccccc1NC(=O)N(C)[C@H]1CC[C@@](CNC(C)=O)(c2ccccc2)CC[C@@H]1O. The summed E-state index contributed by atoms with van der Waals surface area (Å²) in [5.74, 6) is -0.0623. The monoisotopic (exact) mass is 437 g/mol. The number of para-hydroxylation sites is 1. The van der Waals surface area contributed by atoms with Gasteiger partial charge in [-0.05, 0) is 49.3 Å². The second kappa shape index (κ2) is 10.6. The first-order valence-electron chi connectivity index (χ1n) is 11.5. The number of nitrogens with one attached hydrogen (secondary N) is 2. The third-order valence-corrected chi connectivity index (χ3v) is 6.80. The summed E-state index contributed by atoms with van der Waals surface area (Å²) in [7, 11) is 1.75. The number of anilines is 1. The Bertz CT molecular complexity index is 918. The number of amides is 3. The van der Waals surface area contributed by atoms with Crippen LogP contribution in [0, 0.1) is 0 Å². The minimum Gasteiger partial charge on any atom is -0.391 e. The summed E-state index contributed by atoms with van der Waals surface area (Å²) in [6.45, 7) is 4.10. The number of aryl methyl sites for hydroxylation is 1. The Kier molecular flexibility index (Phi) is 7.91. The fraction of sp³-hybridized carbons (Fsp3) is 0.462. The van der Waals surface area contributed by atoms with Crippen molar-refractivity contribution in [2.45, 2.75) is 63.5 Å². The van der Waals surface area contributed by atoms with E-state index >= 15 is 0 Å². The molecule has 3 N–H and O–H groups in total. The number of nitrogens with zero attached hydrogens (tertiary/aromatic N) is 1. The summed E-state index contributed by atoms with van der Waals surface area (Å²) >= 11 is 0. The molecule has 172 valence electrons. The van der Waals surface area contributed by atoms with E-state index in [1.807, 2.05) is 42.5 Å². The zero-order valence-corrected chi connectivity index (χ0v) is 19.3. The predicted octanol–water partition coefficient (Wildman–Crippen LogP) is 4.09. The Morgan fingerprint density at radius 2 is 1.72 bits per heavy atom. The number of benzene rings is 2. The number of aliphatic hydroxyl groups excluding tert-OH is 1. The van der Waals surface area contributed by atoms with Gasteiger partial charge in [0.2, 0.25) is 5.91 Å². The second-order valence-corrected chi connectivity index (χ2v) is 8.82. The third-order valence-electron chi connectivity index (χ3n) is 6.80. The lowest BCUT2D eigenvalue weighted by Crippen LogP contribution is -2.46. The molecule has 0 aromatic heterocycles. The van der Waals surface area contributed by atoms with Gasteiger partial charge in [-0.1, -0.05) is 55.5 Å². The highest BCUT2D eigenvalue weighted by Crippen LogP contribution is 2.39. The average Bonchev–Trinajstić information content (AvgIpc) is 2.97. The molecule has 1 aliphatic rings. The molecule has 0 radical (unpaired) electrons. The standard InChI is InChI=1S/C26H35N3O3/c1-4-20-10-8-9-13-22(20)28-25(32)29(3)23-14-16-26(17-15-24(23)31,18-27-19(2)30)21-11-6-5-7-12-21/h5-13,23-24,31H,4,14-18H2,1-3H3,(H,27,30)(H,28,32)/t23-,24-,26+/m0/s1. The van der Waals surface area contributed by atoms with Crippen molar-refractivity contribution in [3.05, 3.63) is 65.7 Å². The maximum atomic E-state index is 13.0. The molecule has 0 unspecified atom stereocenters. The highest BCUT2D eigenvalue weighted by Gasteiger charge is 2.40. The van der Waals surface area contributed by atoms with Gasteiger partial charge < -0.3 is 20.6 Å². The lowest BCUT2D eigenvalue weighted by Gasteiger charge is -2.34. The summed E-state index contributed by atoms with van der Waals surface area (Å²) < 4.78 is 0. The Morgan fingerprint density at radius 1 is 1.06 bits per heavy atom. The van der Waals surface area contributed by atoms with E-state index in [-0.39, 0.29) is 23.4 Å². The lowest BCUT2D eigenvalue weighted by atomic mass is 9.74. The van der Waals surface area contributed by atoms with Gasteiger partial charge in [-0.25, -0.2) is 4.79 Å². The summed E-state index contributed by atoms with van der Waals surface area (Å²) in [5, 5.41) is 17.0. The van der Waals surface area contributed by atoms with Crippen LogP contribution in [0.2, 0.25) is 0 Å². The quantitative estimate of drug-likeness (QED) is 0.596. The largest absolute Gasteiger partial charge is 0.391 e. The fourth-order valence-corrected chi connectivity index (χ4v) is 4.77. The van der Waals surface area contributed by atoms with Crippen LogP contribution >= 0.6 is 0 Å². The zero-order valence-electron chi connectivity index (χ0n) is 19.3. The van der Waals surface area contributed by atoms with Crippen LogP contribution in [0.25, 0.3) is 0 Å². The van der Waals surface area contributed by atoms with Crippen molar-refractivity contribution < 1.29 is 14.7 Å². The number of likely N-dealkylation sites (N-methyl/N-ethyl adjacent to an activating group) is 1. The molecular formula is C26H35N3O3.